The van der Waals surface area contributed by atoms with Gasteiger partial charge < -0.3 is 9.73 Å². The number of hydrogen-bond acceptors (Lipinski definition) is 3. The SMILES string of the molecule is O=C(/C=C/c1ccco1)Nc1ccccc1SC1CCCC1. The molecule has 1 fully saturated rings. The fraction of sp³-hybridized carbons (Fsp3) is 0.278. The van der Waals surface area contributed by atoms with Crippen molar-refractivity contribution >= 4 is 29.4 Å². The molecule has 22 heavy (non-hydrogen) atoms. The average molecular weight is 313 g/mol. The number of furan rings is 1. The lowest BCUT2D eigenvalue weighted by atomic mass is 10.3. The van der Waals surface area contributed by atoms with Crippen molar-refractivity contribution in [3.8, 4) is 0 Å². The van der Waals surface area contributed by atoms with Crippen molar-refractivity contribution in [2.24, 2.45) is 0 Å². The first-order valence-corrected chi connectivity index (χ1v) is 8.47. The number of anilines is 1. The zero-order chi connectivity index (χ0) is 15.2. The number of benzene rings is 1. The Bertz CT molecular complexity index is 643. The molecule has 0 unspecified atom stereocenters. The van der Waals surface area contributed by atoms with Crippen LogP contribution in [-0.2, 0) is 4.79 Å². The van der Waals surface area contributed by atoms with Gasteiger partial charge in [0.25, 0.3) is 0 Å². The van der Waals surface area contributed by atoms with Crippen molar-refractivity contribution < 1.29 is 9.21 Å². The molecule has 4 heteroatoms. The number of carbonyl (C=O) groups excluding carboxylic acids is 1. The van der Waals surface area contributed by atoms with Crippen LogP contribution in [0.25, 0.3) is 6.08 Å². The third-order valence-electron chi connectivity index (χ3n) is 3.68. The fourth-order valence-corrected chi connectivity index (χ4v) is 3.91. The number of thioether (sulfide) groups is 1. The van der Waals surface area contributed by atoms with E-state index in [1.165, 1.54) is 31.8 Å². The molecule has 0 saturated heterocycles. The fourth-order valence-electron chi connectivity index (χ4n) is 2.58. The highest BCUT2D eigenvalue weighted by molar-refractivity contribution is 8.00. The molecule has 1 N–H and O–H groups in total. The minimum Gasteiger partial charge on any atom is -0.465 e. The number of amides is 1. The van der Waals surface area contributed by atoms with E-state index in [0.717, 1.165) is 10.6 Å². The van der Waals surface area contributed by atoms with Crippen LogP contribution in [0.1, 0.15) is 31.4 Å². The Hall–Kier alpha value is -1.94. The Balaban J connectivity index is 1.65. The van der Waals surface area contributed by atoms with Gasteiger partial charge in [-0.25, -0.2) is 0 Å². The minimum absolute atomic E-state index is 0.143. The average Bonchev–Trinajstić information content (AvgIpc) is 3.20. The summed E-state index contributed by atoms with van der Waals surface area (Å²) >= 11 is 1.88. The predicted octanol–water partition coefficient (Wildman–Crippen LogP) is 4.97. The highest BCUT2D eigenvalue weighted by Crippen LogP contribution is 2.37. The third kappa shape index (κ3) is 4.04. The second-order valence-corrected chi connectivity index (χ2v) is 6.70. The second kappa shape index (κ2) is 7.36. The summed E-state index contributed by atoms with van der Waals surface area (Å²) < 4.78 is 5.18. The number of hydrogen-bond donors (Lipinski definition) is 1. The van der Waals surface area contributed by atoms with Crippen LogP contribution in [0.4, 0.5) is 5.69 Å². The molecule has 1 amide bonds. The van der Waals surface area contributed by atoms with E-state index < -0.39 is 0 Å². The summed E-state index contributed by atoms with van der Waals surface area (Å²) in [7, 11) is 0. The van der Waals surface area contributed by atoms with Crippen LogP contribution in [0, 0.1) is 0 Å². The summed E-state index contributed by atoms with van der Waals surface area (Å²) in [5.41, 5.74) is 0.883. The van der Waals surface area contributed by atoms with E-state index in [9.17, 15) is 4.79 Å². The van der Waals surface area contributed by atoms with Crippen LogP contribution in [0.3, 0.4) is 0 Å². The molecule has 1 aliphatic carbocycles. The molecule has 1 aromatic heterocycles. The van der Waals surface area contributed by atoms with E-state index in [4.69, 9.17) is 4.42 Å². The van der Waals surface area contributed by atoms with Crippen LogP contribution in [-0.4, -0.2) is 11.2 Å². The lowest BCUT2D eigenvalue weighted by Gasteiger charge is -2.13. The summed E-state index contributed by atoms with van der Waals surface area (Å²) in [5, 5.41) is 3.64. The molecule has 0 bridgehead atoms. The third-order valence-corrected chi connectivity index (χ3v) is 5.10. The van der Waals surface area contributed by atoms with Crippen molar-refractivity contribution in [3.05, 3.63) is 54.5 Å². The number of nitrogens with one attached hydrogen (secondary N) is 1. The van der Waals surface area contributed by atoms with Crippen molar-refractivity contribution in [1.29, 1.82) is 0 Å². The van der Waals surface area contributed by atoms with E-state index in [1.54, 1.807) is 18.4 Å². The van der Waals surface area contributed by atoms with E-state index in [-0.39, 0.29) is 5.91 Å². The van der Waals surface area contributed by atoms with Gasteiger partial charge >= 0.3 is 0 Å². The minimum atomic E-state index is -0.143. The largest absolute Gasteiger partial charge is 0.465 e. The zero-order valence-electron chi connectivity index (χ0n) is 12.3. The van der Waals surface area contributed by atoms with Crippen LogP contribution in [0.5, 0.6) is 0 Å². The number of para-hydroxylation sites is 1. The Labute approximate surface area is 134 Å². The van der Waals surface area contributed by atoms with Gasteiger partial charge in [0.05, 0.1) is 12.0 Å². The van der Waals surface area contributed by atoms with Gasteiger partial charge in [-0.15, -0.1) is 11.8 Å². The van der Waals surface area contributed by atoms with Gasteiger partial charge in [0, 0.05) is 16.2 Å². The molecule has 1 aromatic carbocycles. The van der Waals surface area contributed by atoms with Crippen molar-refractivity contribution in [3.63, 3.8) is 0 Å². The standard InChI is InChI=1S/C18H19NO2S/c20-18(12-11-14-6-5-13-21-14)19-16-9-3-4-10-17(16)22-15-7-1-2-8-15/h3-6,9-13,15H,1-2,7-8H2,(H,19,20)/b12-11+. The molecule has 0 aliphatic heterocycles. The molecule has 1 heterocycles. The molecular weight excluding hydrogens is 294 g/mol. The second-order valence-electron chi connectivity index (χ2n) is 5.36. The van der Waals surface area contributed by atoms with Crippen LogP contribution < -0.4 is 5.32 Å². The van der Waals surface area contributed by atoms with E-state index in [0.29, 0.717) is 11.0 Å². The number of rotatable bonds is 5. The molecular formula is C18H19NO2S. The van der Waals surface area contributed by atoms with Crippen LogP contribution >= 0.6 is 11.8 Å². The predicted molar refractivity (Wildman–Crippen MR) is 90.9 cm³/mol. The first-order chi connectivity index (χ1) is 10.8. The summed E-state index contributed by atoms with van der Waals surface area (Å²) in [6, 6.07) is 11.6. The maximum atomic E-state index is 12.0. The van der Waals surface area contributed by atoms with E-state index >= 15 is 0 Å². The number of carbonyl (C=O) groups is 1. The Morgan fingerprint density at radius 2 is 2.00 bits per heavy atom. The Morgan fingerprint density at radius 3 is 2.77 bits per heavy atom. The van der Waals surface area contributed by atoms with Gasteiger partial charge in [0.2, 0.25) is 5.91 Å². The monoisotopic (exact) mass is 313 g/mol. The first kappa shape index (κ1) is 15.0. The van der Waals surface area contributed by atoms with Crippen molar-refractivity contribution in [2.75, 3.05) is 5.32 Å². The summed E-state index contributed by atoms with van der Waals surface area (Å²) in [4.78, 5) is 13.2. The Morgan fingerprint density at radius 1 is 1.18 bits per heavy atom. The maximum Gasteiger partial charge on any atom is 0.248 e. The van der Waals surface area contributed by atoms with E-state index in [2.05, 4.69) is 11.4 Å². The van der Waals surface area contributed by atoms with Crippen molar-refractivity contribution in [1.82, 2.24) is 0 Å². The molecule has 0 atom stereocenters. The van der Waals surface area contributed by atoms with Crippen LogP contribution in [0.15, 0.2) is 58.1 Å². The molecule has 114 valence electrons. The lowest BCUT2D eigenvalue weighted by molar-refractivity contribution is -0.111. The molecule has 1 saturated carbocycles. The summed E-state index contributed by atoms with van der Waals surface area (Å²) in [5.74, 6) is 0.527. The summed E-state index contributed by atoms with van der Waals surface area (Å²) in [6.07, 6.45) is 9.93. The molecule has 0 spiro atoms. The maximum absolute atomic E-state index is 12.0. The van der Waals surface area contributed by atoms with Gasteiger partial charge in [0.15, 0.2) is 0 Å². The molecule has 3 nitrogen and oxygen atoms in total. The smallest absolute Gasteiger partial charge is 0.248 e. The van der Waals surface area contributed by atoms with E-state index in [1.807, 2.05) is 36.0 Å². The molecule has 3 rings (SSSR count). The van der Waals surface area contributed by atoms with Crippen molar-refractivity contribution in [2.45, 2.75) is 35.8 Å². The molecule has 1 aliphatic rings. The Kier molecular flexibility index (Phi) is 5.01. The van der Waals surface area contributed by atoms with Gasteiger partial charge in [-0.2, -0.15) is 0 Å². The normalized spacial score (nSPS) is 15.5. The van der Waals surface area contributed by atoms with Gasteiger partial charge in [-0.05, 0) is 43.2 Å². The lowest BCUT2D eigenvalue weighted by Crippen LogP contribution is -2.09. The summed E-state index contributed by atoms with van der Waals surface area (Å²) in [6.45, 7) is 0. The zero-order valence-corrected chi connectivity index (χ0v) is 13.1. The van der Waals surface area contributed by atoms with Crippen LogP contribution in [0.2, 0.25) is 0 Å². The van der Waals surface area contributed by atoms with Gasteiger partial charge in [-0.3, -0.25) is 4.79 Å². The quantitative estimate of drug-likeness (QED) is 0.793. The first-order valence-electron chi connectivity index (χ1n) is 7.59. The topological polar surface area (TPSA) is 42.2 Å². The van der Waals surface area contributed by atoms with Gasteiger partial charge in [0.1, 0.15) is 5.76 Å². The highest BCUT2D eigenvalue weighted by atomic mass is 32.2. The molecule has 0 radical (unpaired) electrons. The highest BCUT2D eigenvalue weighted by Gasteiger charge is 2.17. The van der Waals surface area contributed by atoms with Gasteiger partial charge in [-0.1, -0.05) is 25.0 Å². The molecule has 2 aromatic rings.